The Morgan fingerprint density at radius 3 is 2.50 bits per heavy atom. The van der Waals surface area contributed by atoms with Crippen LogP contribution in [-0.4, -0.2) is 61.5 Å². The third kappa shape index (κ3) is 6.04. The molecule has 0 unspecified atom stereocenters. The maximum atomic E-state index is 11.9. The molecular weight excluding hydrogens is 522 g/mol. The van der Waals surface area contributed by atoms with E-state index >= 15 is 0 Å². The van der Waals surface area contributed by atoms with Crippen LogP contribution in [0.15, 0.2) is 36.5 Å². The fourth-order valence-electron chi connectivity index (χ4n) is 3.76. The van der Waals surface area contributed by atoms with Crippen molar-refractivity contribution in [3.8, 4) is 17.2 Å². The van der Waals surface area contributed by atoms with Crippen LogP contribution in [0.4, 0.5) is 39.3 Å². The second-order valence-corrected chi connectivity index (χ2v) is 8.23. The van der Waals surface area contributed by atoms with Gasteiger partial charge in [-0.25, -0.2) is 9.78 Å². The summed E-state index contributed by atoms with van der Waals surface area (Å²) in [6, 6.07) is 7.50. The number of carbonyl (C=O) groups excluding carboxylic acids is 1. The number of nitro groups is 1. The Balaban J connectivity index is 1.65. The molecule has 2 aromatic carbocycles. The highest BCUT2D eigenvalue weighted by molar-refractivity contribution is 6.33. The van der Waals surface area contributed by atoms with E-state index in [4.69, 9.17) is 36.3 Å². The van der Waals surface area contributed by atoms with Gasteiger partial charge < -0.3 is 40.2 Å². The number of primary amides is 1. The number of anilines is 5. The molecule has 4 rings (SSSR count). The first-order chi connectivity index (χ1) is 18.3. The van der Waals surface area contributed by atoms with Gasteiger partial charge in [-0.15, -0.1) is 0 Å². The molecule has 0 aliphatic carbocycles. The summed E-state index contributed by atoms with van der Waals surface area (Å²) in [4.78, 5) is 33.0. The van der Waals surface area contributed by atoms with E-state index in [1.807, 2.05) is 4.90 Å². The Hall–Kier alpha value is -4.56. The minimum atomic E-state index is -0.977. The molecule has 1 saturated heterocycles. The normalized spacial score (nSPS) is 13.0. The lowest BCUT2D eigenvalue weighted by Crippen LogP contribution is -2.36. The number of hydrogen-bond donors (Lipinski definition) is 3. The minimum absolute atomic E-state index is 0.0760. The van der Waals surface area contributed by atoms with Gasteiger partial charge >= 0.3 is 6.09 Å². The highest BCUT2D eigenvalue weighted by Crippen LogP contribution is 2.40. The molecule has 4 N–H and O–H groups in total. The molecule has 1 aliphatic rings. The average Bonchev–Trinajstić information content (AvgIpc) is 2.90. The number of nitro benzene ring substituents is 1. The predicted molar refractivity (Wildman–Crippen MR) is 139 cm³/mol. The summed E-state index contributed by atoms with van der Waals surface area (Å²) in [5.74, 6) is 1.18. The van der Waals surface area contributed by atoms with E-state index in [1.165, 1.54) is 38.6 Å². The summed E-state index contributed by atoms with van der Waals surface area (Å²) in [6.07, 6.45) is 0.369. The van der Waals surface area contributed by atoms with Crippen molar-refractivity contribution in [2.24, 2.45) is 5.73 Å². The minimum Gasteiger partial charge on any atom is -0.495 e. The van der Waals surface area contributed by atoms with E-state index in [0.717, 1.165) is 0 Å². The SMILES string of the molecule is COc1cc(N2CCOCC2)c([N+](=O)[O-])cc1Nc1ncc(Cl)c(Nc2cc(OC(N)=O)ccc2OC)n1. The van der Waals surface area contributed by atoms with Gasteiger partial charge in [0.05, 0.1) is 49.9 Å². The van der Waals surface area contributed by atoms with Crippen molar-refractivity contribution in [2.75, 3.05) is 56.1 Å². The molecule has 0 atom stereocenters. The number of nitrogens with two attached hydrogens (primary N) is 1. The summed E-state index contributed by atoms with van der Waals surface area (Å²) >= 11 is 6.31. The zero-order valence-electron chi connectivity index (χ0n) is 20.4. The lowest BCUT2D eigenvalue weighted by Gasteiger charge is -2.29. The Kier molecular flexibility index (Phi) is 8.13. The number of aromatic nitrogens is 2. The van der Waals surface area contributed by atoms with Gasteiger partial charge in [0.2, 0.25) is 5.95 Å². The predicted octanol–water partition coefficient (Wildman–Crippen LogP) is 3.84. The fraction of sp³-hybridized carbons (Fsp3) is 0.261. The number of methoxy groups -OCH3 is 2. The van der Waals surface area contributed by atoms with Crippen molar-refractivity contribution in [2.45, 2.75) is 0 Å². The second kappa shape index (κ2) is 11.7. The Morgan fingerprint density at radius 1 is 1.13 bits per heavy atom. The van der Waals surface area contributed by atoms with Gasteiger partial charge in [-0.3, -0.25) is 10.1 Å². The fourth-order valence-corrected chi connectivity index (χ4v) is 3.89. The van der Waals surface area contributed by atoms with Gasteiger partial charge in [-0.05, 0) is 12.1 Å². The Labute approximate surface area is 221 Å². The summed E-state index contributed by atoms with van der Waals surface area (Å²) in [5.41, 5.74) is 6.06. The van der Waals surface area contributed by atoms with Crippen LogP contribution in [0.1, 0.15) is 0 Å². The number of rotatable bonds is 9. The zero-order valence-corrected chi connectivity index (χ0v) is 21.2. The molecule has 2 heterocycles. The number of amides is 1. The van der Waals surface area contributed by atoms with E-state index in [1.54, 1.807) is 12.1 Å². The van der Waals surface area contributed by atoms with E-state index in [-0.39, 0.29) is 33.9 Å². The van der Waals surface area contributed by atoms with E-state index < -0.39 is 11.0 Å². The molecule has 1 amide bonds. The first kappa shape index (κ1) is 26.5. The van der Waals surface area contributed by atoms with Gasteiger partial charge in [0.15, 0.2) is 5.82 Å². The number of halogens is 1. The molecule has 1 fully saturated rings. The number of nitrogens with one attached hydrogen (secondary N) is 2. The average molecular weight is 546 g/mol. The Bertz CT molecular complexity index is 1350. The molecule has 14 nitrogen and oxygen atoms in total. The van der Waals surface area contributed by atoms with Crippen LogP contribution in [0.5, 0.6) is 17.2 Å². The van der Waals surface area contributed by atoms with Gasteiger partial charge in [0.1, 0.15) is 28.0 Å². The van der Waals surface area contributed by atoms with E-state index in [9.17, 15) is 14.9 Å². The summed E-state index contributed by atoms with van der Waals surface area (Å²) in [6.45, 7) is 1.97. The van der Waals surface area contributed by atoms with Crippen molar-refractivity contribution in [1.82, 2.24) is 9.97 Å². The first-order valence-electron chi connectivity index (χ1n) is 11.2. The lowest BCUT2D eigenvalue weighted by molar-refractivity contribution is -0.384. The summed E-state index contributed by atoms with van der Waals surface area (Å²) < 4.78 is 21.1. The number of morpholine rings is 1. The molecule has 3 aromatic rings. The third-order valence-corrected chi connectivity index (χ3v) is 5.75. The highest BCUT2D eigenvalue weighted by atomic mass is 35.5. The van der Waals surface area contributed by atoms with Crippen LogP contribution in [-0.2, 0) is 4.74 Å². The number of benzene rings is 2. The topological polar surface area (TPSA) is 176 Å². The van der Waals surface area contributed by atoms with Gasteiger partial charge in [-0.2, -0.15) is 4.98 Å². The molecule has 0 radical (unpaired) electrons. The number of ether oxygens (including phenoxy) is 4. The Morgan fingerprint density at radius 2 is 1.84 bits per heavy atom. The largest absolute Gasteiger partial charge is 0.495 e. The molecule has 1 aliphatic heterocycles. The van der Waals surface area contributed by atoms with Crippen molar-refractivity contribution < 1.29 is 28.7 Å². The van der Waals surface area contributed by atoms with E-state index in [2.05, 4.69) is 20.6 Å². The van der Waals surface area contributed by atoms with Gasteiger partial charge in [0.25, 0.3) is 5.69 Å². The van der Waals surface area contributed by atoms with Crippen LogP contribution < -0.4 is 35.5 Å². The number of carbonyl (C=O) groups is 1. The van der Waals surface area contributed by atoms with Crippen LogP contribution in [0, 0.1) is 10.1 Å². The van der Waals surface area contributed by atoms with Crippen LogP contribution in [0.2, 0.25) is 5.02 Å². The maximum absolute atomic E-state index is 11.9. The van der Waals surface area contributed by atoms with Crippen molar-refractivity contribution in [1.29, 1.82) is 0 Å². The zero-order chi connectivity index (χ0) is 27.2. The maximum Gasteiger partial charge on any atom is 0.409 e. The van der Waals surface area contributed by atoms with Crippen LogP contribution in [0.25, 0.3) is 0 Å². The molecule has 200 valence electrons. The second-order valence-electron chi connectivity index (χ2n) is 7.82. The summed E-state index contributed by atoms with van der Waals surface area (Å²) in [5, 5.41) is 18.0. The molecule has 0 saturated carbocycles. The van der Waals surface area contributed by atoms with Crippen molar-refractivity contribution >= 4 is 52.2 Å². The summed E-state index contributed by atoms with van der Waals surface area (Å²) in [7, 11) is 2.92. The number of hydrogen-bond acceptors (Lipinski definition) is 12. The van der Waals surface area contributed by atoms with Crippen LogP contribution in [0.3, 0.4) is 0 Å². The molecule has 15 heteroatoms. The third-order valence-electron chi connectivity index (χ3n) is 5.48. The highest BCUT2D eigenvalue weighted by Gasteiger charge is 2.25. The monoisotopic (exact) mass is 545 g/mol. The van der Waals surface area contributed by atoms with Gasteiger partial charge in [-0.1, -0.05) is 11.6 Å². The van der Waals surface area contributed by atoms with Gasteiger partial charge in [0, 0.05) is 31.3 Å². The van der Waals surface area contributed by atoms with Crippen LogP contribution >= 0.6 is 11.6 Å². The lowest BCUT2D eigenvalue weighted by atomic mass is 10.2. The molecule has 1 aromatic heterocycles. The quantitative estimate of drug-likeness (QED) is 0.262. The van der Waals surface area contributed by atoms with Crippen molar-refractivity contribution in [3.63, 3.8) is 0 Å². The van der Waals surface area contributed by atoms with Crippen molar-refractivity contribution in [3.05, 3.63) is 51.7 Å². The molecule has 0 spiro atoms. The standard InChI is InChI=1S/C23H24ClN7O7/c1-35-19-4-3-13(38-22(25)32)9-15(19)27-21-14(24)12-26-23(29-21)28-16-10-18(31(33)34)17(11-20(16)36-2)30-5-7-37-8-6-30/h3-4,9-12H,5-8H2,1-2H3,(H2,25,32)(H2,26,27,28,29). The molecule has 0 bridgehead atoms. The first-order valence-corrected chi connectivity index (χ1v) is 11.6. The molecular formula is C23H24ClN7O7. The smallest absolute Gasteiger partial charge is 0.409 e. The number of nitrogens with zero attached hydrogens (tertiary/aromatic N) is 4. The molecule has 38 heavy (non-hydrogen) atoms. The van der Waals surface area contributed by atoms with E-state index in [0.29, 0.717) is 49.2 Å².